The number of halogens is 1. The molecule has 0 fully saturated rings. The second-order valence-corrected chi connectivity index (χ2v) is 3.79. The molecule has 0 spiro atoms. The number of nitrogens with two attached hydrogens (primary N) is 1. The normalized spacial score (nSPS) is 12.6. The first kappa shape index (κ1) is 12.5. The summed E-state index contributed by atoms with van der Waals surface area (Å²) in [5, 5.41) is 3.32. The molecule has 1 heterocycles. The number of benzene rings is 1. The van der Waals surface area contributed by atoms with Crippen LogP contribution in [0.5, 0.6) is 11.5 Å². The molecule has 96 valence electrons. The fourth-order valence-corrected chi connectivity index (χ4v) is 1.81. The van der Waals surface area contributed by atoms with Crippen molar-refractivity contribution in [1.29, 1.82) is 0 Å². The van der Waals surface area contributed by atoms with Gasteiger partial charge in [0.1, 0.15) is 23.0 Å². The van der Waals surface area contributed by atoms with Gasteiger partial charge in [-0.15, -0.1) is 0 Å². The third kappa shape index (κ3) is 2.32. The predicted octanol–water partition coefficient (Wildman–Crippen LogP) is 2.43. The van der Waals surface area contributed by atoms with Crippen molar-refractivity contribution in [1.82, 2.24) is 0 Å². The average molecular weight is 252 g/mol. The highest BCUT2D eigenvalue weighted by molar-refractivity contribution is 5.63. The van der Waals surface area contributed by atoms with E-state index in [9.17, 15) is 4.39 Å². The molecular weight excluding hydrogens is 239 g/mol. The van der Waals surface area contributed by atoms with Crippen molar-refractivity contribution in [2.45, 2.75) is 12.8 Å². The molecule has 6 nitrogen and oxygen atoms in total. The van der Waals surface area contributed by atoms with Crippen LogP contribution in [0.25, 0.3) is 10.4 Å². The van der Waals surface area contributed by atoms with E-state index < -0.39 is 5.82 Å². The van der Waals surface area contributed by atoms with Crippen molar-refractivity contribution < 1.29 is 13.9 Å². The Kier molecular flexibility index (Phi) is 3.86. The minimum atomic E-state index is -0.642. The first-order valence-electron chi connectivity index (χ1n) is 5.64. The highest BCUT2D eigenvalue weighted by Gasteiger charge is 2.24. The summed E-state index contributed by atoms with van der Waals surface area (Å²) in [6.07, 6.45) is 1.30. The Morgan fingerprint density at radius 2 is 2.44 bits per heavy atom. The largest absolute Gasteiger partial charge is 0.493 e. The number of fused-ring (bicyclic) bond motifs is 1. The highest BCUT2D eigenvalue weighted by Crippen LogP contribution is 2.43. The molecule has 7 heteroatoms. The van der Waals surface area contributed by atoms with Gasteiger partial charge in [0.2, 0.25) is 0 Å². The van der Waals surface area contributed by atoms with Crippen LogP contribution >= 0.6 is 0 Å². The minimum Gasteiger partial charge on any atom is -0.493 e. The lowest BCUT2D eigenvalue weighted by atomic mass is 10.1. The van der Waals surface area contributed by atoms with Gasteiger partial charge in [0.15, 0.2) is 0 Å². The molecule has 18 heavy (non-hydrogen) atoms. The van der Waals surface area contributed by atoms with E-state index >= 15 is 0 Å². The van der Waals surface area contributed by atoms with Gasteiger partial charge in [-0.3, -0.25) is 0 Å². The summed E-state index contributed by atoms with van der Waals surface area (Å²) in [4.78, 5) is 2.60. The van der Waals surface area contributed by atoms with Crippen molar-refractivity contribution in [3.8, 4) is 11.5 Å². The smallest absolute Gasteiger partial charge is 0.140 e. The van der Waals surface area contributed by atoms with Gasteiger partial charge in [-0.05, 0) is 18.5 Å². The van der Waals surface area contributed by atoms with Crippen LogP contribution in [0.2, 0.25) is 0 Å². The lowest BCUT2D eigenvalue weighted by Gasteiger charge is -2.11. The Labute approximate surface area is 103 Å². The quantitative estimate of drug-likeness (QED) is 0.377. The van der Waals surface area contributed by atoms with Gasteiger partial charge >= 0.3 is 0 Å². The van der Waals surface area contributed by atoms with Crippen LogP contribution in [0, 0.1) is 5.82 Å². The van der Waals surface area contributed by atoms with E-state index in [1.165, 1.54) is 6.07 Å². The van der Waals surface area contributed by atoms with Crippen LogP contribution in [-0.2, 0) is 6.42 Å². The van der Waals surface area contributed by atoms with Gasteiger partial charge in [-0.25, -0.2) is 4.39 Å². The standard InChI is InChI=1S/C11H13FN4O2/c12-8-6-9(17-4-1-3-13)7-2-5-18-11(7)10(8)15-16-14/h6H,1-5,13H2. The van der Waals surface area contributed by atoms with E-state index in [0.29, 0.717) is 38.3 Å². The van der Waals surface area contributed by atoms with E-state index in [4.69, 9.17) is 20.7 Å². The van der Waals surface area contributed by atoms with Gasteiger partial charge in [-0.1, -0.05) is 5.11 Å². The van der Waals surface area contributed by atoms with Crippen LogP contribution in [-0.4, -0.2) is 19.8 Å². The zero-order valence-electron chi connectivity index (χ0n) is 9.73. The molecule has 0 radical (unpaired) electrons. The van der Waals surface area contributed by atoms with Crippen LogP contribution in [0.4, 0.5) is 10.1 Å². The third-order valence-corrected chi connectivity index (χ3v) is 2.62. The Morgan fingerprint density at radius 3 is 3.17 bits per heavy atom. The van der Waals surface area contributed by atoms with E-state index in [-0.39, 0.29) is 11.4 Å². The summed E-state index contributed by atoms with van der Waals surface area (Å²) < 4.78 is 24.5. The molecule has 0 unspecified atom stereocenters. The molecule has 1 aromatic rings. The van der Waals surface area contributed by atoms with Gasteiger partial charge in [0.05, 0.1) is 13.2 Å². The Bertz CT molecular complexity index is 500. The number of ether oxygens (including phenoxy) is 2. The van der Waals surface area contributed by atoms with Crippen LogP contribution in [0.1, 0.15) is 12.0 Å². The average Bonchev–Trinajstić information content (AvgIpc) is 2.83. The molecular formula is C11H13FN4O2. The molecule has 0 saturated carbocycles. The summed E-state index contributed by atoms with van der Waals surface area (Å²) in [6.45, 7) is 1.36. The van der Waals surface area contributed by atoms with Gasteiger partial charge in [0, 0.05) is 23.0 Å². The molecule has 2 N–H and O–H groups in total. The molecule has 0 aromatic heterocycles. The summed E-state index contributed by atoms with van der Waals surface area (Å²) in [5.74, 6) is 0.0806. The molecule has 0 saturated heterocycles. The van der Waals surface area contributed by atoms with E-state index in [0.717, 1.165) is 5.56 Å². The molecule has 0 aliphatic carbocycles. The number of hydrogen-bond donors (Lipinski definition) is 1. The maximum Gasteiger partial charge on any atom is 0.140 e. The van der Waals surface area contributed by atoms with Crippen LogP contribution in [0.3, 0.4) is 0 Å². The molecule has 0 atom stereocenters. The zero-order valence-corrected chi connectivity index (χ0v) is 9.73. The maximum absolute atomic E-state index is 13.8. The minimum absolute atomic E-state index is 0.101. The van der Waals surface area contributed by atoms with Crippen LogP contribution in [0.15, 0.2) is 11.2 Å². The first-order chi connectivity index (χ1) is 8.77. The van der Waals surface area contributed by atoms with Crippen molar-refractivity contribution in [2.75, 3.05) is 19.8 Å². The molecule has 2 rings (SSSR count). The Balaban J connectivity index is 2.35. The summed E-state index contributed by atoms with van der Waals surface area (Å²) in [7, 11) is 0. The number of rotatable bonds is 5. The number of hydrogen-bond acceptors (Lipinski definition) is 4. The van der Waals surface area contributed by atoms with Crippen molar-refractivity contribution in [2.24, 2.45) is 10.8 Å². The maximum atomic E-state index is 13.8. The predicted molar refractivity (Wildman–Crippen MR) is 63.6 cm³/mol. The van der Waals surface area contributed by atoms with Gasteiger partial charge in [0.25, 0.3) is 0 Å². The second kappa shape index (κ2) is 5.57. The number of nitrogens with zero attached hydrogens (tertiary/aromatic N) is 3. The molecule has 1 aliphatic rings. The Hall–Kier alpha value is -1.98. The fourth-order valence-electron chi connectivity index (χ4n) is 1.81. The summed E-state index contributed by atoms with van der Waals surface area (Å²) in [5.41, 5.74) is 14.4. The number of azide groups is 1. The van der Waals surface area contributed by atoms with Gasteiger partial charge < -0.3 is 15.2 Å². The fraction of sp³-hybridized carbons (Fsp3) is 0.455. The molecule has 0 amide bonds. The molecule has 0 bridgehead atoms. The van der Waals surface area contributed by atoms with Crippen molar-refractivity contribution in [3.63, 3.8) is 0 Å². The topological polar surface area (TPSA) is 93.2 Å². The highest BCUT2D eigenvalue weighted by atomic mass is 19.1. The monoisotopic (exact) mass is 252 g/mol. The first-order valence-corrected chi connectivity index (χ1v) is 5.64. The second-order valence-electron chi connectivity index (χ2n) is 3.79. The van der Waals surface area contributed by atoms with E-state index in [1.54, 1.807) is 0 Å². The Morgan fingerprint density at radius 1 is 1.61 bits per heavy atom. The van der Waals surface area contributed by atoms with Gasteiger partial charge in [-0.2, -0.15) is 0 Å². The van der Waals surface area contributed by atoms with Crippen molar-refractivity contribution in [3.05, 3.63) is 27.9 Å². The van der Waals surface area contributed by atoms with Crippen LogP contribution < -0.4 is 15.2 Å². The third-order valence-electron chi connectivity index (χ3n) is 2.62. The summed E-state index contributed by atoms with van der Waals surface area (Å²) in [6, 6.07) is 1.23. The molecule has 1 aliphatic heterocycles. The van der Waals surface area contributed by atoms with E-state index in [2.05, 4.69) is 10.0 Å². The molecule has 1 aromatic carbocycles. The SMILES string of the molecule is [N-]=[N+]=Nc1c(F)cc(OCCCN)c2c1OCC2. The zero-order chi connectivity index (χ0) is 13.0. The lowest BCUT2D eigenvalue weighted by molar-refractivity contribution is 0.309. The lowest BCUT2D eigenvalue weighted by Crippen LogP contribution is -2.07. The van der Waals surface area contributed by atoms with Crippen molar-refractivity contribution >= 4 is 5.69 Å². The summed E-state index contributed by atoms with van der Waals surface area (Å²) >= 11 is 0. The van der Waals surface area contributed by atoms with E-state index in [1.807, 2.05) is 0 Å².